The molecular formula is C18H19F3. The first kappa shape index (κ1) is 15.6. The van der Waals surface area contributed by atoms with E-state index in [1.54, 1.807) is 12.1 Å². The highest BCUT2D eigenvalue weighted by Gasteiger charge is 2.32. The maximum atomic E-state index is 12.7. The summed E-state index contributed by atoms with van der Waals surface area (Å²) in [5.41, 5.74) is 1.33. The van der Waals surface area contributed by atoms with E-state index < -0.39 is 11.7 Å². The molecule has 2 rings (SSSR count). The highest BCUT2D eigenvalue weighted by Crippen LogP contribution is 2.41. The van der Waals surface area contributed by atoms with Gasteiger partial charge in [0.1, 0.15) is 0 Å². The van der Waals surface area contributed by atoms with Gasteiger partial charge in [0.15, 0.2) is 0 Å². The largest absolute Gasteiger partial charge is 0.416 e. The van der Waals surface area contributed by atoms with Crippen LogP contribution in [-0.2, 0) is 6.18 Å². The molecule has 112 valence electrons. The fraction of sp³-hybridized carbons (Fsp3) is 0.333. The van der Waals surface area contributed by atoms with Crippen LogP contribution in [0.1, 0.15) is 43.4 Å². The second kappa shape index (κ2) is 5.55. The Labute approximate surface area is 123 Å². The van der Waals surface area contributed by atoms with Gasteiger partial charge in [-0.1, -0.05) is 63.2 Å². The molecule has 21 heavy (non-hydrogen) atoms. The van der Waals surface area contributed by atoms with Gasteiger partial charge in [-0.15, -0.1) is 0 Å². The Balaban J connectivity index is 2.44. The Hall–Kier alpha value is -1.77. The zero-order valence-corrected chi connectivity index (χ0v) is 12.4. The Morgan fingerprint density at radius 1 is 0.714 bits per heavy atom. The minimum absolute atomic E-state index is 0.0565. The van der Waals surface area contributed by atoms with E-state index in [-0.39, 0.29) is 11.3 Å². The minimum Gasteiger partial charge on any atom is -0.166 e. The fourth-order valence-electron chi connectivity index (χ4n) is 2.70. The summed E-state index contributed by atoms with van der Waals surface area (Å²) in [4.78, 5) is 0. The molecule has 0 bridgehead atoms. The number of alkyl halides is 3. The molecule has 2 aromatic rings. The van der Waals surface area contributed by atoms with E-state index in [0.717, 1.165) is 23.3 Å². The summed E-state index contributed by atoms with van der Waals surface area (Å²) >= 11 is 0. The normalized spacial score (nSPS) is 14.0. The van der Waals surface area contributed by atoms with E-state index in [4.69, 9.17) is 0 Å². The van der Waals surface area contributed by atoms with E-state index in [1.807, 2.05) is 30.3 Å². The van der Waals surface area contributed by atoms with Crippen molar-refractivity contribution in [2.75, 3.05) is 0 Å². The second-order valence-electron chi connectivity index (χ2n) is 6.33. The van der Waals surface area contributed by atoms with Gasteiger partial charge in [0.2, 0.25) is 0 Å². The predicted octanol–water partition coefficient (Wildman–Crippen LogP) is 5.88. The first-order valence-corrected chi connectivity index (χ1v) is 6.92. The molecule has 0 fully saturated rings. The van der Waals surface area contributed by atoms with Crippen molar-refractivity contribution >= 4 is 0 Å². The van der Waals surface area contributed by atoms with Gasteiger partial charge in [0.25, 0.3) is 0 Å². The Bertz CT molecular complexity index is 575. The van der Waals surface area contributed by atoms with Crippen molar-refractivity contribution in [1.29, 1.82) is 0 Å². The number of hydrogen-bond acceptors (Lipinski definition) is 0. The number of benzene rings is 2. The summed E-state index contributed by atoms with van der Waals surface area (Å²) in [5.74, 6) is 0.0565. The highest BCUT2D eigenvalue weighted by atomic mass is 19.4. The molecule has 0 saturated carbocycles. The lowest BCUT2D eigenvalue weighted by Gasteiger charge is -2.32. The third-order valence-corrected chi connectivity index (χ3v) is 3.57. The average Bonchev–Trinajstić information content (AvgIpc) is 2.38. The molecule has 0 saturated heterocycles. The SMILES string of the molecule is CC(C)(C)C(c1ccccc1)c1ccc(C(F)(F)F)cc1. The van der Waals surface area contributed by atoms with Crippen molar-refractivity contribution in [3.05, 3.63) is 71.3 Å². The van der Waals surface area contributed by atoms with Crippen molar-refractivity contribution in [2.24, 2.45) is 5.41 Å². The topological polar surface area (TPSA) is 0 Å². The summed E-state index contributed by atoms with van der Waals surface area (Å²) in [6.07, 6.45) is -4.29. The summed E-state index contributed by atoms with van der Waals surface area (Å²) in [7, 11) is 0. The minimum atomic E-state index is -4.29. The lowest BCUT2D eigenvalue weighted by molar-refractivity contribution is -0.137. The molecule has 0 radical (unpaired) electrons. The van der Waals surface area contributed by atoms with Crippen LogP contribution in [0.25, 0.3) is 0 Å². The van der Waals surface area contributed by atoms with Gasteiger partial charge >= 0.3 is 6.18 Å². The van der Waals surface area contributed by atoms with Crippen LogP contribution in [0.2, 0.25) is 0 Å². The lowest BCUT2D eigenvalue weighted by atomic mass is 9.72. The molecule has 1 unspecified atom stereocenters. The first-order valence-electron chi connectivity index (χ1n) is 6.92. The van der Waals surface area contributed by atoms with E-state index in [0.29, 0.717) is 0 Å². The quantitative estimate of drug-likeness (QED) is 0.648. The van der Waals surface area contributed by atoms with E-state index >= 15 is 0 Å². The second-order valence-corrected chi connectivity index (χ2v) is 6.33. The Morgan fingerprint density at radius 3 is 1.62 bits per heavy atom. The van der Waals surface area contributed by atoms with Crippen LogP contribution < -0.4 is 0 Å². The molecule has 0 N–H and O–H groups in total. The van der Waals surface area contributed by atoms with Crippen LogP contribution in [-0.4, -0.2) is 0 Å². The molecule has 0 heterocycles. The van der Waals surface area contributed by atoms with Crippen molar-refractivity contribution in [3.63, 3.8) is 0 Å². The van der Waals surface area contributed by atoms with Crippen molar-refractivity contribution in [3.8, 4) is 0 Å². The molecule has 2 aromatic carbocycles. The molecular weight excluding hydrogens is 273 g/mol. The van der Waals surface area contributed by atoms with Crippen molar-refractivity contribution in [1.82, 2.24) is 0 Å². The zero-order valence-electron chi connectivity index (χ0n) is 12.4. The van der Waals surface area contributed by atoms with E-state index in [1.165, 1.54) is 0 Å². The van der Waals surface area contributed by atoms with Gasteiger partial charge in [-0.3, -0.25) is 0 Å². The van der Waals surface area contributed by atoms with Gasteiger partial charge in [-0.25, -0.2) is 0 Å². The molecule has 3 heteroatoms. The van der Waals surface area contributed by atoms with Gasteiger partial charge in [-0.05, 0) is 28.7 Å². The summed E-state index contributed by atoms with van der Waals surface area (Å²) < 4.78 is 38.0. The number of hydrogen-bond donors (Lipinski definition) is 0. The van der Waals surface area contributed by atoms with Gasteiger partial charge in [0, 0.05) is 5.92 Å². The molecule has 0 aliphatic carbocycles. The van der Waals surface area contributed by atoms with E-state index in [2.05, 4.69) is 20.8 Å². The molecule has 0 nitrogen and oxygen atoms in total. The van der Waals surface area contributed by atoms with Crippen LogP contribution in [0.15, 0.2) is 54.6 Å². The Morgan fingerprint density at radius 2 is 1.19 bits per heavy atom. The molecule has 0 aliphatic heterocycles. The van der Waals surface area contributed by atoms with Crippen LogP contribution in [0.4, 0.5) is 13.2 Å². The highest BCUT2D eigenvalue weighted by molar-refractivity contribution is 5.36. The van der Waals surface area contributed by atoms with Gasteiger partial charge in [0.05, 0.1) is 5.56 Å². The zero-order chi connectivity index (χ0) is 15.7. The van der Waals surface area contributed by atoms with Crippen LogP contribution in [0.3, 0.4) is 0 Å². The first-order chi connectivity index (χ1) is 9.69. The van der Waals surface area contributed by atoms with Gasteiger partial charge in [-0.2, -0.15) is 13.2 Å². The van der Waals surface area contributed by atoms with Crippen LogP contribution >= 0.6 is 0 Å². The van der Waals surface area contributed by atoms with Gasteiger partial charge < -0.3 is 0 Å². The van der Waals surface area contributed by atoms with Crippen LogP contribution in [0, 0.1) is 5.41 Å². The summed E-state index contributed by atoms with van der Waals surface area (Å²) in [6, 6.07) is 15.4. The maximum absolute atomic E-state index is 12.7. The maximum Gasteiger partial charge on any atom is 0.416 e. The molecule has 1 atom stereocenters. The lowest BCUT2D eigenvalue weighted by Crippen LogP contribution is -2.20. The molecule has 0 aliphatic rings. The van der Waals surface area contributed by atoms with Crippen molar-refractivity contribution in [2.45, 2.75) is 32.9 Å². The third kappa shape index (κ3) is 3.66. The molecule has 0 amide bonds. The van der Waals surface area contributed by atoms with Crippen molar-refractivity contribution < 1.29 is 13.2 Å². The van der Waals surface area contributed by atoms with Crippen LogP contribution in [0.5, 0.6) is 0 Å². The fourth-order valence-corrected chi connectivity index (χ4v) is 2.70. The monoisotopic (exact) mass is 292 g/mol. The van der Waals surface area contributed by atoms with E-state index in [9.17, 15) is 13.2 Å². The average molecular weight is 292 g/mol. The third-order valence-electron chi connectivity index (χ3n) is 3.57. The molecule has 0 spiro atoms. The number of rotatable bonds is 2. The summed E-state index contributed by atoms with van der Waals surface area (Å²) in [6.45, 7) is 6.30. The summed E-state index contributed by atoms with van der Waals surface area (Å²) in [5, 5.41) is 0. The smallest absolute Gasteiger partial charge is 0.166 e. The Kier molecular flexibility index (Phi) is 4.13. The standard InChI is InChI=1S/C18H19F3/c1-17(2,3)16(13-7-5-4-6-8-13)14-9-11-15(12-10-14)18(19,20)21/h4-12,16H,1-3H3. The predicted molar refractivity (Wildman–Crippen MR) is 79.2 cm³/mol. The molecule has 0 aromatic heterocycles. The number of halogens is 3.